The molecule has 0 aliphatic carbocycles. The van der Waals surface area contributed by atoms with Crippen LogP contribution < -0.4 is 9.47 Å². The third kappa shape index (κ3) is 11.4. The molecule has 0 amide bonds. The van der Waals surface area contributed by atoms with E-state index in [4.69, 9.17) is 9.47 Å². The molecule has 0 spiro atoms. The number of unbranched alkanes of at least 4 members (excludes halogenated alkanes) is 7. The third-order valence-electron chi connectivity index (χ3n) is 6.05. The minimum absolute atomic E-state index is 0.0376. The van der Waals surface area contributed by atoms with Crippen LogP contribution in [0.3, 0.4) is 0 Å². The average molecular weight is 497 g/mol. The van der Waals surface area contributed by atoms with Gasteiger partial charge in [-0.1, -0.05) is 37.8 Å². The molecule has 0 saturated heterocycles. The number of carbonyl (C=O) groups is 2. The Bertz CT molecular complexity index is 995. The maximum atomic E-state index is 12.3. The van der Waals surface area contributed by atoms with Crippen molar-refractivity contribution in [2.45, 2.75) is 77.0 Å². The van der Waals surface area contributed by atoms with Crippen molar-refractivity contribution in [2.75, 3.05) is 14.2 Å². The van der Waals surface area contributed by atoms with Crippen LogP contribution in [0, 0.1) is 0 Å². The van der Waals surface area contributed by atoms with E-state index in [1.54, 1.807) is 18.2 Å². The summed E-state index contributed by atoms with van der Waals surface area (Å²) in [6.45, 7) is 0. The molecule has 0 aromatic heterocycles. The second-order valence-electron chi connectivity index (χ2n) is 9.12. The molecule has 2 aromatic carbocycles. The molecule has 36 heavy (non-hydrogen) atoms. The summed E-state index contributed by atoms with van der Waals surface area (Å²) in [5.74, 6) is 1.41. The SMILES string of the molecule is COc1cc(O)cc(CC(=O)CCC/C=C\CCCCCCCCC(=O)c2cc(O)cc(OC)c2)c1. The lowest BCUT2D eigenvalue weighted by molar-refractivity contribution is -0.118. The van der Waals surface area contributed by atoms with Gasteiger partial charge in [-0.05, 0) is 61.9 Å². The van der Waals surface area contributed by atoms with Crippen LogP contribution in [0.1, 0.15) is 86.6 Å². The minimum Gasteiger partial charge on any atom is -0.508 e. The number of Topliss-reactive ketones (excluding diaryl/α,β-unsaturated/α-hetero) is 2. The summed E-state index contributed by atoms with van der Waals surface area (Å²) in [6, 6.07) is 9.57. The van der Waals surface area contributed by atoms with Gasteiger partial charge in [0.2, 0.25) is 0 Å². The van der Waals surface area contributed by atoms with Crippen molar-refractivity contribution >= 4 is 11.6 Å². The van der Waals surface area contributed by atoms with Gasteiger partial charge in [0, 0.05) is 37.0 Å². The lowest BCUT2D eigenvalue weighted by atomic mass is 10.0. The fourth-order valence-electron chi connectivity index (χ4n) is 4.09. The molecule has 6 nitrogen and oxygen atoms in total. The van der Waals surface area contributed by atoms with E-state index < -0.39 is 0 Å². The average Bonchev–Trinajstić information content (AvgIpc) is 2.85. The quantitative estimate of drug-likeness (QED) is 0.132. The van der Waals surface area contributed by atoms with Gasteiger partial charge >= 0.3 is 0 Å². The van der Waals surface area contributed by atoms with Crippen LogP contribution >= 0.6 is 0 Å². The monoisotopic (exact) mass is 496 g/mol. The van der Waals surface area contributed by atoms with E-state index in [0.29, 0.717) is 36.3 Å². The van der Waals surface area contributed by atoms with Gasteiger partial charge in [0.1, 0.15) is 28.8 Å². The topological polar surface area (TPSA) is 93.1 Å². The number of hydrogen-bond acceptors (Lipinski definition) is 6. The highest BCUT2D eigenvalue weighted by atomic mass is 16.5. The van der Waals surface area contributed by atoms with Crippen molar-refractivity contribution in [2.24, 2.45) is 0 Å². The molecule has 0 radical (unpaired) electrons. The Hall–Kier alpha value is -3.28. The molecule has 0 fully saturated rings. The van der Waals surface area contributed by atoms with E-state index in [2.05, 4.69) is 12.2 Å². The highest BCUT2D eigenvalue weighted by Crippen LogP contribution is 2.24. The van der Waals surface area contributed by atoms with Crippen LogP contribution in [0.15, 0.2) is 48.6 Å². The lowest BCUT2D eigenvalue weighted by Gasteiger charge is -2.06. The number of methoxy groups -OCH3 is 2. The van der Waals surface area contributed by atoms with Gasteiger partial charge in [0.15, 0.2) is 5.78 Å². The minimum atomic E-state index is 0.0376. The highest BCUT2D eigenvalue weighted by Gasteiger charge is 2.09. The van der Waals surface area contributed by atoms with Crippen LogP contribution in [0.4, 0.5) is 0 Å². The fraction of sp³-hybridized carbons (Fsp3) is 0.467. The van der Waals surface area contributed by atoms with E-state index in [0.717, 1.165) is 56.9 Å². The molecule has 0 aliphatic rings. The molecular formula is C30H40O6. The first-order valence-electron chi connectivity index (χ1n) is 12.9. The van der Waals surface area contributed by atoms with E-state index >= 15 is 0 Å². The third-order valence-corrected chi connectivity index (χ3v) is 6.05. The molecule has 2 rings (SSSR count). The van der Waals surface area contributed by atoms with E-state index in [9.17, 15) is 19.8 Å². The second kappa shape index (κ2) is 16.4. The van der Waals surface area contributed by atoms with E-state index in [1.165, 1.54) is 38.8 Å². The Morgan fingerprint density at radius 3 is 1.97 bits per heavy atom. The Morgan fingerprint density at radius 1 is 0.694 bits per heavy atom. The summed E-state index contributed by atoms with van der Waals surface area (Å²) in [5.41, 5.74) is 1.27. The van der Waals surface area contributed by atoms with E-state index in [1.807, 2.05) is 0 Å². The number of rotatable bonds is 18. The fourth-order valence-corrected chi connectivity index (χ4v) is 4.09. The van der Waals surface area contributed by atoms with Gasteiger partial charge in [-0.3, -0.25) is 9.59 Å². The molecule has 0 heterocycles. The van der Waals surface area contributed by atoms with Crippen molar-refractivity contribution in [3.63, 3.8) is 0 Å². The largest absolute Gasteiger partial charge is 0.508 e. The number of ketones is 2. The van der Waals surface area contributed by atoms with Crippen LogP contribution in [0.5, 0.6) is 23.0 Å². The summed E-state index contributed by atoms with van der Waals surface area (Å²) in [7, 11) is 3.05. The zero-order valence-electron chi connectivity index (χ0n) is 21.6. The summed E-state index contributed by atoms with van der Waals surface area (Å²) in [5, 5.41) is 19.4. The first-order chi connectivity index (χ1) is 17.4. The van der Waals surface area contributed by atoms with Gasteiger partial charge < -0.3 is 19.7 Å². The molecule has 196 valence electrons. The molecule has 6 heteroatoms. The standard InChI is InChI=1S/C30H40O6/c1-35-28-18-23(17-26(32)21-28)16-25(31)14-12-10-8-6-4-3-5-7-9-11-13-15-30(34)24-19-27(33)22-29(20-24)36-2/h6,8,17-22,32-33H,3-5,7,9-16H2,1-2H3/b8-6-. The number of hydrogen-bond donors (Lipinski definition) is 2. The number of ether oxygens (including phenoxy) is 2. The zero-order chi connectivity index (χ0) is 26.2. The molecular weight excluding hydrogens is 456 g/mol. The molecule has 0 unspecified atom stereocenters. The van der Waals surface area contributed by atoms with Crippen molar-refractivity contribution in [1.29, 1.82) is 0 Å². The van der Waals surface area contributed by atoms with Gasteiger partial charge in [0.25, 0.3) is 0 Å². The Kier molecular flexibility index (Phi) is 13.2. The summed E-state index contributed by atoms with van der Waals surface area (Å²) >= 11 is 0. The van der Waals surface area contributed by atoms with E-state index in [-0.39, 0.29) is 23.1 Å². The van der Waals surface area contributed by atoms with Crippen LogP contribution in [-0.2, 0) is 11.2 Å². The molecule has 2 N–H and O–H groups in total. The maximum absolute atomic E-state index is 12.3. The normalized spacial score (nSPS) is 11.1. The summed E-state index contributed by atoms with van der Waals surface area (Å²) < 4.78 is 10.2. The summed E-state index contributed by atoms with van der Waals surface area (Å²) in [4.78, 5) is 24.5. The predicted octanol–water partition coefficient (Wildman–Crippen LogP) is 6.96. The number of carbonyl (C=O) groups excluding carboxylic acids is 2. The van der Waals surface area contributed by atoms with Gasteiger partial charge in [-0.2, -0.15) is 0 Å². The number of phenols is 2. The van der Waals surface area contributed by atoms with Crippen molar-refractivity contribution in [1.82, 2.24) is 0 Å². The molecule has 0 aliphatic heterocycles. The first-order valence-corrected chi connectivity index (χ1v) is 12.9. The zero-order valence-corrected chi connectivity index (χ0v) is 21.6. The smallest absolute Gasteiger partial charge is 0.163 e. The number of phenolic OH excluding ortho intramolecular Hbond substituents is 2. The van der Waals surface area contributed by atoms with Crippen LogP contribution in [-0.4, -0.2) is 36.0 Å². The van der Waals surface area contributed by atoms with Crippen LogP contribution in [0.25, 0.3) is 0 Å². The van der Waals surface area contributed by atoms with Crippen molar-refractivity contribution in [3.05, 3.63) is 59.7 Å². The Morgan fingerprint density at radius 2 is 1.28 bits per heavy atom. The Balaban J connectivity index is 1.46. The van der Waals surface area contributed by atoms with Crippen molar-refractivity contribution in [3.8, 4) is 23.0 Å². The molecule has 0 atom stereocenters. The maximum Gasteiger partial charge on any atom is 0.163 e. The second-order valence-corrected chi connectivity index (χ2v) is 9.12. The van der Waals surface area contributed by atoms with Gasteiger partial charge in [0.05, 0.1) is 14.2 Å². The number of allylic oxidation sites excluding steroid dienone is 2. The number of benzene rings is 2. The summed E-state index contributed by atoms with van der Waals surface area (Å²) in [6.07, 6.45) is 15.0. The van der Waals surface area contributed by atoms with Crippen LogP contribution in [0.2, 0.25) is 0 Å². The lowest BCUT2D eigenvalue weighted by Crippen LogP contribution is -2.02. The highest BCUT2D eigenvalue weighted by molar-refractivity contribution is 5.96. The van der Waals surface area contributed by atoms with Gasteiger partial charge in [-0.15, -0.1) is 0 Å². The molecule has 0 bridgehead atoms. The Labute approximate surface area is 215 Å². The van der Waals surface area contributed by atoms with Gasteiger partial charge in [-0.25, -0.2) is 0 Å². The molecule has 0 saturated carbocycles. The number of aromatic hydroxyl groups is 2. The molecule has 2 aromatic rings. The van der Waals surface area contributed by atoms with Crippen molar-refractivity contribution < 1.29 is 29.3 Å². The predicted molar refractivity (Wildman–Crippen MR) is 142 cm³/mol. The first kappa shape index (κ1) is 29.0.